The fourth-order valence-electron chi connectivity index (χ4n) is 9.86. The minimum Gasteiger partial charge on any atom is -0.307 e. The van der Waals surface area contributed by atoms with Gasteiger partial charge in [-0.2, -0.15) is 0 Å². The van der Waals surface area contributed by atoms with Gasteiger partial charge in [0, 0.05) is 16.8 Å². The molecule has 0 atom stereocenters. The smallest absolute Gasteiger partial charge is 0.224 e. The first kappa shape index (κ1) is 21.8. The summed E-state index contributed by atoms with van der Waals surface area (Å²) in [4.78, 5) is 0. The standard InChI is InChI=1S/C36H37N2/c1-20(2)25-6-8-30-29(15-25)28-7-5-21(3)32-34(28)38(30)31-16-27(14-26-9-10-37(4)35(32)33(26)31)36-17-22-11-23(18-36)13-24(12-22)19-36/h5-10,14-16,20,22-24H,11-13,17-19H2,1-4H3/q+1. The first-order valence-corrected chi connectivity index (χ1v) is 15.0. The second-order valence-corrected chi connectivity index (χ2v) is 13.9. The number of benzene rings is 3. The molecule has 3 heterocycles. The van der Waals surface area contributed by atoms with Crippen LogP contribution in [0.25, 0.3) is 49.0 Å². The molecule has 6 aromatic rings. The molecule has 2 heteroatoms. The maximum atomic E-state index is 2.65. The van der Waals surface area contributed by atoms with E-state index in [1.165, 1.54) is 98.6 Å². The van der Waals surface area contributed by atoms with E-state index in [0.717, 1.165) is 17.8 Å². The fraction of sp³-hybridized carbons (Fsp3) is 0.417. The molecule has 0 unspecified atom stereocenters. The van der Waals surface area contributed by atoms with Crippen molar-refractivity contribution in [3.63, 3.8) is 0 Å². The number of hydrogen-bond acceptors (Lipinski definition) is 0. The van der Waals surface area contributed by atoms with Gasteiger partial charge in [0.15, 0.2) is 6.20 Å². The number of pyridine rings is 2. The third kappa shape index (κ3) is 2.62. The third-order valence-corrected chi connectivity index (χ3v) is 11.2. The summed E-state index contributed by atoms with van der Waals surface area (Å²) in [6, 6.07) is 19.6. The van der Waals surface area contributed by atoms with Gasteiger partial charge in [-0.05, 0) is 121 Å². The van der Waals surface area contributed by atoms with Crippen LogP contribution in [0.4, 0.5) is 0 Å². The average Bonchev–Trinajstić information content (AvgIpc) is 3.22. The summed E-state index contributed by atoms with van der Waals surface area (Å²) < 4.78 is 5.02. The fourth-order valence-corrected chi connectivity index (χ4v) is 9.86. The normalized spacial score (nSPS) is 26.9. The van der Waals surface area contributed by atoms with E-state index in [1.54, 1.807) is 5.56 Å². The molecule has 4 aliphatic rings. The van der Waals surface area contributed by atoms with Crippen LogP contribution in [0.1, 0.15) is 75.0 Å². The molecule has 0 saturated heterocycles. The Bertz CT molecular complexity index is 1920. The van der Waals surface area contributed by atoms with E-state index in [1.807, 2.05) is 0 Å². The first-order valence-electron chi connectivity index (χ1n) is 15.0. The molecular formula is C36H37N2+. The molecule has 0 amide bonds. The number of aryl methyl sites for hydroxylation is 2. The molecule has 3 aromatic heterocycles. The zero-order valence-corrected chi connectivity index (χ0v) is 23.1. The van der Waals surface area contributed by atoms with Crippen molar-refractivity contribution in [2.75, 3.05) is 0 Å². The molecule has 4 bridgehead atoms. The lowest BCUT2D eigenvalue weighted by atomic mass is 9.48. The van der Waals surface area contributed by atoms with Gasteiger partial charge >= 0.3 is 0 Å². The Morgan fingerprint density at radius 1 is 0.816 bits per heavy atom. The van der Waals surface area contributed by atoms with Crippen molar-refractivity contribution in [3.8, 4) is 0 Å². The van der Waals surface area contributed by atoms with Gasteiger partial charge in [-0.3, -0.25) is 0 Å². The Morgan fingerprint density at radius 3 is 2.26 bits per heavy atom. The lowest BCUT2D eigenvalue weighted by Crippen LogP contribution is -2.48. The van der Waals surface area contributed by atoms with Gasteiger partial charge in [0.2, 0.25) is 5.52 Å². The Labute approximate surface area is 224 Å². The first-order chi connectivity index (χ1) is 18.4. The summed E-state index contributed by atoms with van der Waals surface area (Å²) in [5, 5.41) is 7.05. The molecule has 0 aliphatic heterocycles. The van der Waals surface area contributed by atoms with Crippen LogP contribution >= 0.6 is 0 Å². The third-order valence-electron chi connectivity index (χ3n) is 11.2. The maximum absolute atomic E-state index is 2.65. The lowest BCUT2D eigenvalue weighted by molar-refractivity contribution is -0.643. The number of aromatic nitrogens is 2. The predicted molar refractivity (Wildman–Crippen MR) is 158 cm³/mol. The summed E-state index contributed by atoms with van der Waals surface area (Å²) in [7, 11) is 2.24. The molecule has 4 fully saturated rings. The molecule has 38 heavy (non-hydrogen) atoms. The predicted octanol–water partition coefficient (Wildman–Crippen LogP) is 8.71. The van der Waals surface area contributed by atoms with Crippen molar-refractivity contribution >= 4 is 49.0 Å². The zero-order valence-electron chi connectivity index (χ0n) is 23.1. The van der Waals surface area contributed by atoms with E-state index in [4.69, 9.17) is 0 Å². The molecule has 0 radical (unpaired) electrons. The van der Waals surface area contributed by atoms with Gasteiger partial charge in [-0.1, -0.05) is 32.0 Å². The Balaban J connectivity index is 1.48. The van der Waals surface area contributed by atoms with Crippen molar-refractivity contribution in [1.29, 1.82) is 0 Å². The van der Waals surface area contributed by atoms with Crippen LogP contribution in [0.3, 0.4) is 0 Å². The summed E-state index contributed by atoms with van der Waals surface area (Å²) in [6.07, 6.45) is 11.0. The van der Waals surface area contributed by atoms with Gasteiger partial charge < -0.3 is 4.40 Å². The average molecular weight is 498 g/mol. The van der Waals surface area contributed by atoms with E-state index in [2.05, 4.69) is 91.5 Å². The lowest BCUT2D eigenvalue weighted by Gasteiger charge is -2.57. The van der Waals surface area contributed by atoms with E-state index >= 15 is 0 Å². The molecule has 4 aliphatic carbocycles. The minimum atomic E-state index is 0.386. The van der Waals surface area contributed by atoms with Crippen molar-refractivity contribution in [2.45, 2.75) is 70.6 Å². The van der Waals surface area contributed by atoms with Crippen LogP contribution in [0.5, 0.6) is 0 Å². The molecule has 4 saturated carbocycles. The van der Waals surface area contributed by atoms with E-state index in [9.17, 15) is 0 Å². The van der Waals surface area contributed by atoms with Gasteiger partial charge in [0.25, 0.3) is 0 Å². The molecule has 2 nitrogen and oxygen atoms in total. The van der Waals surface area contributed by atoms with Gasteiger partial charge in [-0.15, -0.1) is 0 Å². The van der Waals surface area contributed by atoms with Crippen molar-refractivity contribution in [3.05, 3.63) is 71.4 Å². The number of hydrogen-bond donors (Lipinski definition) is 0. The van der Waals surface area contributed by atoms with Crippen LogP contribution in [0.15, 0.2) is 54.7 Å². The van der Waals surface area contributed by atoms with Crippen molar-refractivity contribution < 1.29 is 4.57 Å². The molecular weight excluding hydrogens is 460 g/mol. The van der Waals surface area contributed by atoms with E-state index < -0.39 is 0 Å². The molecule has 0 spiro atoms. The molecule has 3 aromatic carbocycles. The van der Waals surface area contributed by atoms with Crippen LogP contribution in [0, 0.1) is 24.7 Å². The SMILES string of the molecule is Cc1ccc2c3cc(C(C)C)ccc3n3c4cc(C56CC7CC(CC(C7)C5)C6)cc5cc[n+](C)c(c1c23)c54. The minimum absolute atomic E-state index is 0.386. The second-order valence-electron chi connectivity index (χ2n) is 13.9. The highest BCUT2D eigenvalue weighted by atomic mass is 15.0. The van der Waals surface area contributed by atoms with Crippen LogP contribution in [-0.4, -0.2) is 4.40 Å². The van der Waals surface area contributed by atoms with Crippen LogP contribution < -0.4 is 4.57 Å². The highest BCUT2D eigenvalue weighted by Crippen LogP contribution is 2.61. The van der Waals surface area contributed by atoms with E-state index in [-0.39, 0.29) is 0 Å². The number of nitrogens with zero attached hydrogens (tertiary/aromatic N) is 2. The number of fused-ring (bicyclic) bond motifs is 5. The van der Waals surface area contributed by atoms with Gasteiger partial charge in [0.1, 0.15) is 7.05 Å². The van der Waals surface area contributed by atoms with E-state index in [0.29, 0.717) is 11.3 Å². The largest absolute Gasteiger partial charge is 0.307 e. The van der Waals surface area contributed by atoms with Crippen LogP contribution in [0.2, 0.25) is 0 Å². The molecule has 0 N–H and O–H groups in total. The second kappa shape index (κ2) is 7.08. The van der Waals surface area contributed by atoms with Crippen LogP contribution in [-0.2, 0) is 12.5 Å². The summed E-state index contributed by atoms with van der Waals surface area (Å²) in [5.41, 5.74) is 10.4. The summed E-state index contributed by atoms with van der Waals surface area (Å²) in [6.45, 7) is 6.91. The van der Waals surface area contributed by atoms with Crippen molar-refractivity contribution in [1.82, 2.24) is 4.40 Å². The Hall–Kier alpha value is -3.13. The Morgan fingerprint density at radius 2 is 1.55 bits per heavy atom. The quantitative estimate of drug-likeness (QED) is 0.128. The van der Waals surface area contributed by atoms with Gasteiger partial charge in [-0.25, -0.2) is 4.57 Å². The number of rotatable bonds is 2. The van der Waals surface area contributed by atoms with Gasteiger partial charge in [0.05, 0.1) is 27.3 Å². The highest BCUT2D eigenvalue weighted by molar-refractivity contribution is 6.25. The Kier molecular flexibility index (Phi) is 4.06. The monoisotopic (exact) mass is 497 g/mol. The zero-order chi connectivity index (χ0) is 25.5. The summed E-state index contributed by atoms with van der Waals surface area (Å²) in [5.74, 6) is 3.38. The molecule has 10 rings (SSSR count). The highest BCUT2D eigenvalue weighted by Gasteiger charge is 2.51. The van der Waals surface area contributed by atoms with Crippen molar-refractivity contribution in [2.24, 2.45) is 24.8 Å². The molecule has 190 valence electrons. The summed E-state index contributed by atoms with van der Waals surface area (Å²) >= 11 is 0. The maximum Gasteiger partial charge on any atom is 0.224 e. The topological polar surface area (TPSA) is 8.29 Å².